The van der Waals surface area contributed by atoms with Crippen molar-refractivity contribution in [1.82, 2.24) is 5.32 Å². The van der Waals surface area contributed by atoms with Crippen molar-refractivity contribution in [3.05, 3.63) is 12.7 Å². The van der Waals surface area contributed by atoms with E-state index in [1.807, 2.05) is 0 Å². The Labute approximate surface area is 86.8 Å². The highest BCUT2D eigenvalue weighted by molar-refractivity contribution is 6.04. The molecule has 0 radical (unpaired) electrons. The molecule has 2 nitrogen and oxygen atoms in total. The van der Waals surface area contributed by atoms with Crippen LogP contribution in [-0.4, -0.2) is 11.4 Å². The van der Waals surface area contributed by atoms with Crippen molar-refractivity contribution < 1.29 is 4.79 Å². The molecule has 2 atom stereocenters. The predicted octanol–water partition coefficient (Wildman–Crippen LogP) is 2.65. The largest absolute Gasteiger partial charge is 0.336 e. The molecule has 0 bridgehead atoms. The lowest BCUT2D eigenvalue weighted by Crippen LogP contribution is -2.13. The fraction of sp³-hybridized carbons (Fsp3) is 0.750. The zero-order valence-electron chi connectivity index (χ0n) is 9.31. The van der Waals surface area contributed by atoms with Crippen LogP contribution in [0.5, 0.6) is 0 Å². The van der Waals surface area contributed by atoms with Gasteiger partial charge < -0.3 is 5.32 Å². The van der Waals surface area contributed by atoms with Gasteiger partial charge in [-0.2, -0.15) is 0 Å². The lowest BCUT2D eigenvalue weighted by atomic mass is 9.93. The monoisotopic (exact) mass is 195 g/mol. The molecule has 1 aliphatic rings. The molecular formula is C12H21NO. The smallest absolute Gasteiger partial charge is 0.250 e. The Bertz CT molecular complexity index is 224. The van der Waals surface area contributed by atoms with Crippen LogP contribution < -0.4 is 5.32 Å². The first-order valence-corrected chi connectivity index (χ1v) is 5.61. The summed E-state index contributed by atoms with van der Waals surface area (Å²) in [4.78, 5) is 11.1. The van der Waals surface area contributed by atoms with E-state index in [1.54, 1.807) is 6.08 Å². The van der Waals surface area contributed by atoms with Gasteiger partial charge in [-0.1, -0.05) is 39.2 Å². The molecule has 0 saturated carbocycles. The third-order valence-electron chi connectivity index (χ3n) is 3.11. The third-order valence-corrected chi connectivity index (χ3v) is 3.11. The van der Waals surface area contributed by atoms with Crippen LogP contribution in [-0.2, 0) is 4.79 Å². The first kappa shape index (κ1) is 11.3. The fourth-order valence-electron chi connectivity index (χ4n) is 1.76. The van der Waals surface area contributed by atoms with Crippen molar-refractivity contribution in [3.8, 4) is 0 Å². The van der Waals surface area contributed by atoms with Crippen LogP contribution in [0.15, 0.2) is 12.7 Å². The molecule has 0 spiro atoms. The second kappa shape index (κ2) is 4.63. The standard InChI is InChI=1S/C12H21NO/c1-4-6-7-10(3)8-9-12(5-2)11(14)13-12/h5,10H,2,4,6-9H2,1,3H3,(H,13,14). The Morgan fingerprint density at radius 2 is 2.21 bits per heavy atom. The highest BCUT2D eigenvalue weighted by atomic mass is 16.2. The quantitative estimate of drug-likeness (QED) is 0.492. The summed E-state index contributed by atoms with van der Waals surface area (Å²) in [6.07, 6.45) is 7.61. The van der Waals surface area contributed by atoms with E-state index in [0.717, 1.165) is 18.8 Å². The van der Waals surface area contributed by atoms with Crippen LogP contribution in [0.1, 0.15) is 46.0 Å². The van der Waals surface area contributed by atoms with Crippen molar-refractivity contribution in [2.45, 2.75) is 51.5 Å². The van der Waals surface area contributed by atoms with Gasteiger partial charge in [0.1, 0.15) is 5.54 Å². The average Bonchev–Trinajstić information content (AvgIpc) is 2.84. The van der Waals surface area contributed by atoms with Gasteiger partial charge in [-0.05, 0) is 18.8 Å². The molecule has 2 unspecified atom stereocenters. The molecule has 1 N–H and O–H groups in total. The Balaban J connectivity index is 2.20. The Morgan fingerprint density at radius 3 is 2.64 bits per heavy atom. The van der Waals surface area contributed by atoms with Crippen LogP contribution in [0.4, 0.5) is 0 Å². The molecule has 0 aromatic rings. The van der Waals surface area contributed by atoms with Crippen molar-refractivity contribution in [2.24, 2.45) is 5.92 Å². The van der Waals surface area contributed by atoms with Gasteiger partial charge in [-0.15, -0.1) is 6.58 Å². The summed E-state index contributed by atoms with van der Waals surface area (Å²) in [7, 11) is 0. The number of amides is 1. The normalized spacial score (nSPS) is 26.9. The van der Waals surface area contributed by atoms with Crippen LogP contribution >= 0.6 is 0 Å². The molecule has 0 aliphatic carbocycles. The van der Waals surface area contributed by atoms with Crippen LogP contribution in [0, 0.1) is 5.92 Å². The summed E-state index contributed by atoms with van der Waals surface area (Å²) in [6.45, 7) is 8.18. The molecule has 1 heterocycles. The zero-order valence-corrected chi connectivity index (χ0v) is 9.31. The number of carbonyl (C=O) groups is 1. The number of hydrogen-bond acceptors (Lipinski definition) is 1. The second-order valence-electron chi connectivity index (χ2n) is 4.42. The molecule has 1 rings (SSSR count). The first-order chi connectivity index (χ1) is 6.64. The van der Waals surface area contributed by atoms with Gasteiger partial charge in [-0.3, -0.25) is 4.79 Å². The molecule has 1 fully saturated rings. The lowest BCUT2D eigenvalue weighted by Gasteiger charge is -2.12. The summed E-state index contributed by atoms with van der Waals surface area (Å²) >= 11 is 0. The minimum Gasteiger partial charge on any atom is -0.336 e. The SMILES string of the molecule is C=CC1(CCC(C)CCCC)NC1=O. The predicted molar refractivity (Wildman–Crippen MR) is 59.0 cm³/mol. The van der Waals surface area contributed by atoms with E-state index in [0.29, 0.717) is 0 Å². The second-order valence-corrected chi connectivity index (χ2v) is 4.42. The van der Waals surface area contributed by atoms with E-state index < -0.39 is 0 Å². The van der Waals surface area contributed by atoms with Crippen molar-refractivity contribution in [1.29, 1.82) is 0 Å². The third kappa shape index (κ3) is 2.60. The highest BCUT2D eigenvalue weighted by Gasteiger charge is 2.49. The van der Waals surface area contributed by atoms with Gasteiger partial charge in [0.2, 0.25) is 0 Å². The zero-order chi connectivity index (χ0) is 10.6. The van der Waals surface area contributed by atoms with E-state index >= 15 is 0 Å². The molecule has 14 heavy (non-hydrogen) atoms. The van der Waals surface area contributed by atoms with Crippen molar-refractivity contribution >= 4 is 5.91 Å². The maximum absolute atomic E-state index is 11.1. The van der Waals surface area contributed by atoms with Gasteiger partial charge in [0.25, 0.3) is 5.91 Å². The molecule has 1 amide bonds. The lowest BCUT2D eigenvalue weighted by molar-refractivity contribution is -0.111. The Morgan fingerprint density at radius 1 is 1.57 bits per heavy atom. The summed E-state index contributed by atoms with van der Waals surface area (Å²) in [6, 6.07) is 0. The molecular weight excluding hydrogens is 174 g/mol. The van der Waals surface area contributed by atoms with Gasteiger partial charge >= 0.3 is 0 Å². The number of hydrogen-bond donors (Lipinski definition) is 1. The van der Waals surface area contributed by atoms with E-state index in [-0.39, 0.29) is 11.4 Å². The summed E-state index contributed by atoms with van der Waals surface area (Å²) in [5.74, 6) is 0.872. The summed E-state index contributed by atoms with van der Waals surface area (Å²) < 4.78 is 0. The highest BCUT2D eigenvalue weighted by Crippen LogP contribution is 2.29. The average molecular weight is 195 g/mol. The van der Waals surface area contributed by atoms with E-state index in [2.05, 4.69) is 25.7 Å². The molecule has 1 saturated heterocycles. The van der Waals surface area contributed by atoms with Crippen molar-refractivity contribution in [3.63, 3.8) is 0 Å². The minimum atomic E-state index is -0.347. The molecule has 2 heteroatoms. The van der Waals surface area contributed by atoms with Crippen molar-refractivity contribution in [2.75, 3.05) is 0 Å². The van der Waals surface area contributed by atoms with Crippen LogP contribution in [0.25, 0.3) is 0 Å². The minimum absolute atomic E-state index is 0.148. The van der Waals surface area contributed by atoms with Gasteiger partial charge in [-0.25, -0.2) is 0 Å². The molecule has 0 aromatic carbocycles. The topological polar surface area (TPSA) is 39.0 Å². The molecule has 0 aromatic heterocycles. The fourth-order valence-corrected chi connectivity index (χ4v) is 1.76. The first-order valence-electron chi connectivity index (χ1n) is 5.61. The maximum atomic E-state index is 11.1. The Kier molecular flexibility index (Phi) is 3.73. The van der Waals surface area contributed by atoms with Gasteiger partial charge in [0.05, 0.1) is 0 Å². The summed E-state index contributed by atoms with van der Waals surface area (Å²) in [5, 5.41) is 2.85. The van der Waals surface area contributed by atoms with E-state index in [1.165, 1.54) is 19.3 Å². The number of carbonyl (C=O) groups excluding carboxylic acids is 1. The Hall–Kier alpha value is -0.790. The maximum Gasteiger partial charge on any atom is 0.250 e. The van der Waals surface area contributed by atoms with E-state index in [9.17, 15) is 4.79 Å². The number of rotatable bonds is 7. The van der Waals surface area contributed by atoms with Crippen LogP contribution in [0.3, 0.4) is 0 Å². The number of unbranched alkanes of at least 4 members (excludes halogenated alkanes) is 1. The van der Waals surface area contributed by atoms with Gasteiger partial charge in [0.15, 0.2) is 0 Å². The molecule has 1 aliphatic heterocycles. The van der Waals surface area contributed by atoms with Gasteiger partial charge in [0, 0.05) is 0 Å². The number of nitrogens with one attached hydrogen (secondary N) is 1. The van der Waals surface area contributed by atoms with E-state index in [4.69, 9.17) is 0 Å². The molecule has 80 valence electrons. The van der Waals surface area contributed by atoms with Crippen LogP contribution in [0.2, 0.25) is 0 Å². The summed E-state index contributed by atoms with van der Waals surface area (Å²) in [5.41, 5.74) is -0.347.